The van der Waals surface area contributed by atoms with Crippen LogP contribution < -0.4 is 21.9 Å². The molecule has 0 aliphatic carbocycles. The monoisotopic (exact) mass is 452 g/mol. The zero-order chi connectivity index (χ0) is 24.2. The van der Waals surface area contributed by atoms with Crippen molar-refractivity contribution in [2.45, 2.75) is 40.4 Å². The number of rotatable bonds is 7. The smallest absolute Gasteiger partial charge is 0.383 e. The van der Waals surface area contributed by atoms with Crippen molar-refractivity contribution in [2.75, 3.05) is 17.2 Å². The van der Waals surface area contributed by atoms with Gasteiger partial charge in [-0.05, 0) is 17.4 Å². The Morgan fingerprint density at radius 3 is 2.22 bits per heavy atom. The Kier molecular flexibility index (Phi) is 7.71. The van der Waals surface area contributed by atoms with E-state index in [9.17, 15) is 27.6 Å². The summed E-state index contributed by atoms with van der Waals surface area (Å²) in [5, 5.41) is 0. The lowest BCUT2D eigenvalue weighted by atomic mass is 10.0. The molecule has 1 heterocycles. The van der Waals surface area contributed by atoms with E-state index in [1.54, 1.807) is 19.9 Å². The molecule has 0 unspecified atom stereocenters. The predicted molar refractivity (Wildman–Crippen MR) is 118 cm³/mol. The van der Waals surface area contributed by atoms with Crippen molar-refractivity contribution in [1.82, 2.24) is 9.55 Å². The third-order valence-electron chi connectivity index (χ3n) is 4.50. The largest absolute Gasteiger partial charge is 0.417 e. The van der Waals surface area contributed by atoms with Gasteiger partial charge in [0.05, 0.1) is 5.57 Å². The summed E-state index contributed by atoms with van der Waals surface area (Å²) in [5.41, 5.74) is 2.70. The number of halogens is 3. The van der Waals surface area contributed by atoms with Gasteiger partial charge in [-0.15, -0.1) is 0 Å². The van der Waals surface area contributed by atoms with E-state index >= 15 is 0 Å². The van der Waals surface area contributed by atoms with Crippen molar-refractivity contribution in [3.63, 3.8) is 0 Å². The third kappa shape index (κ3) is 5.89. The maximum absolute atomic E-state index is 13.7. The Balaban J connectivity index is 2.69. The van der Waals surface area contributed by atoms with Crippen LogP contribution in [0.5, 0.6) is 0 Å². The van der Waals surface area contributed by atoms with E-state index in [-0.39, 0.29) is 42.0 Å². The normalized spacial score (nSPS) is 12.5. The number of H-pyrrole nitrogens is 1. The average molecular weight is 452 g/mol. The van der Waals surface area contributed by atoms with Crippen molar-refractivity contribution < 1.29 is 18.0 Å². The molecule has 0 bridgehead atoms. The maximum Gasteiger partial charge on any atom is 0.417 e. The second-order valence-corrected chi connectivity index (χ2v) is 8.26. The number of anilines is 2. The van der Waals surface area contributed by atoms with Crippen molar-refractivity contribution in [3.8, 4) is 0 Å². The Morgan fingerprint density at radius 1 is 1.12 bits per heavy atom. The van der Waals surface area contributed by atoms with E-state index in [0.717, 1.165) is 9.47 Å². The fourth-order valence-corrected chi connectivity index (χ4v) is 3.19. The number of allylic oxidation sites excluding steroid dienone is 1. The van der Waals surface area contributed by atoms with Gasteiger partial charge in [0.25, 0.3) is 11.5 Å². The number of nitrogens with one attached hydrogen (secondary N) is 1. The Morgan fingerprint density at radius 2 is 1.72 bits per heavy atom. The summed E-state index contributed by atoms with van der Waals surface area (Å²) in [6.07, 6.45) is -4.36. The van der Waals surface area contributed by atoms with Gasteiger partial charge >= 0.3 is 11.9 Å². The number of nitrogens with two attached hydrogens (primary N) is 1. The second-order valence-electron chi connectivity index (χ2n) is 8.26. The molecule has 0 saturated heterocycles. The summed E-state index contributed by atoms with van der Waals surface area (Å²) in [5.74, 6) is -1.56. The van der Waals surface area contributed by atoms with E-state index < -0.39 is 28.9 Å². The van der Waals surface area contributed by atoms with Gasteiger partial charge in [0.1, 0.15) is 5.82 Å². The second kappa shape index (κ2) is 9.88. The van der Waals surface area contributed by atoms with Crippen LogP contribution in [0, 0.1) is 11.8 Å². The molecule has 7 nitrogen and oxygen atoms in total. The summed E-state index contributed by atoms with van der Waals surface area (Å²) in [6, 6.07) is 6.89. The number of nitrogen functional groups attached to an aromatic ring is 1. The van der Waals surface area contributed by atoms with E-state index in [2.05, 4.69) is 4.98 Å². The van der Waals surface area contributed by atoms with Crippen LogP contribution in [0.3, 0.4) is 0 Å². The minimum Gasteiger partial charge on any atom is -0.383 e. The number of hydrogen-bond donors (Lipinski definition) is 2. The summed E-state index contributed by atoms with van der Waals surface area (Å²) in [7, 11) is 0. The lowest BCUT2D eigenvalue weighted by molar-refractivity contribution is -0.114. The topological polar surface area (TPSA) is 101 Å². The van der Waals surface area contributed by atoms with Crippen LogP contribution in [-0.2, 0) is 11.3 Å². The molecule has 32 heavy (non-hydrogen) atoms. The minimum absolute atomic E-state index is 0.0159. The highest BCUT2D eigenvalue weighted by molar-refractivity contribution is 6.07. The quantitative estimate of drug-likeness (QED) is 0.629. The Hall–Kier alpha value is -3.30. The fourth-order valence-electron chi connectivity index (χ4n) is 3.19. The molecule has 2 rings (SSSR count). The molecule has 0 spiro atoms. The molecule has 1 aromatic heterocycles. The van der Waals surface area contributed by atoms with Crippen LogP contribution in [0.2, 0.25) is 0 Å². The molecule has 10 heteroatoms. The zero-order valence-corrected chi connectivity index (χ0v) is 18.4. The number of alkyl halides is 3. The molecular formula is C22H27F3N4O3. The SMILES string of the molecule is CC(C)CN(C(=O)/C=C(/c1ccccc1)C(F)(F)F)c1c(N)n(CC(C)C)c(=O)[nH]c1=O. The van der Waals surface area contributed by atoms with Gasteiger partial charge in [-0.1, -0.05) is 58.0 Å². The van der Waals surface area contributed by atoms with Crippen LogP contribution in [0.4, 0.5) is 24.7 Å². The molecule has 0 aliphatic heterocycles. The first-order valence-corrected chi connectivity index (χ1v) is 10.1. The van der Waals surface area contributed by atoms with Gasteiger partial charge in [0, 0.05) is 19.2 Å². The third-order valence-corrected chi connectivity index (χ3v) is 4.50. The number of amides is 1. The molecule has 1 aromatic carbocycles. The van der Waals surface area contributed by atoms with Crippen molar-refractivity contribution in [1.29, 1.82) is 0 Å². The van der Waals surface area contributed by atoms with E-state index in [1.165, 1.54) is 24.3 Å². The minimum atomic E-state index is -4.81. The van der Waals surface area contributed by atoms with E-state index in [0.29, 0.717) is 6.08 Å². The zero-order valence-electron chi connectivity index (χ0n) is 18.4. The summed E-state index contributed by atoms with van der Waals surface area (Å²) < 4.78 is 42.3. The highest BCUT2D eigenvalue weighted by atomic mass is 19.4. The number of aromatic nitrogens is 2. The van der Waals surface area contributed by atoms with Gasteiger partial charge in [0.2, 0.25) is 0 Å². The van der Waals surface area contributed by atoms with Crippen molar-refractivity contribution >= 4 is 23.0 Å². The number of aromatic amines is 1. The molecule has 2 aromatic rings. The van der Waals surface area contributed by atoms with Gasteiger partial charge in [0.15, 0.2) is 5.69 Å². The molecule has 0 radical (unpaired) electrons. The lowest BCUT2D eigenvalue weighted by Gasteiger charge is -2.26. The standard InChI is InChI=1S/C22H27F3N4O3/c1-13(2)11-28(18-19(26)29(12-14(3)4)21(32)27-20(18)31)17(30)10-16(22(23,24)25)15-8-6-5-7-9-15/h5-10,13-14H,11-12,26H2,1-4H3,(H,27,31,32)/b16-10-. The molecule has 0 atom stereocenters. The first-order valence-electron chi connectivity index (χ1n) is 10.1. The van der Waals surface area contributed by atoms with Gasteiger partial charge in [-0.25, -0.2) is 4.79 Å². The first-order chi connectivity index (χ1) is 14.8. The number of carbonyl (C=O) groups is 1. The fraction of sp³-hybridized carbons (Fsp3) is 0.409. The molecule has 0 aliphatic rings. The van der Waals surface area contributed by atoms with Gasteiger partial charge in [-0.2, -0.15) is 13.2 Å². The molecule has 0 saturated carbocycles. The van der Waals surface area contributed by atoms with Crippen molar-refractivity contribution in [2.24, 2.45) is 11.8 Å². The Labute approximate surface area is 183 Å². The van der Waals surface area contributed by atoms with Crippen LogP contribution in [-0.4, -0.2) is 28.2 Å². The Bertz CT molecular complexity index is 1100. The van der Waals surface area contributed by atoms with E-state index in [4.69, 9.17) is 5.73 Å². The predicted octanol–water partition coefficient (Wildman–Crippen LogP) is 3.41. The molecule has 0 fully saturated rings. The molecular weight excluding hydrogens is 425 g/mol. The summed E-state index contributed by atoms with van der Waals surface area (Å²) >= 11 is 0. The van der Waals surface area contributed by atoms with Crippen LogP contribution in [0.25, 0.3) is 5.57 Å². The highest BCUT2D eigenvalue weighted by Gasteiger charge is 2.36. The number of nitrogens with zero attached hydrogens (tertiary/aromatic N) is 2. The molecule has 3 N–H and O–H groups in total. The summed E-state index contributed by atoms with van der Waals surface area (Å²) in [6.45, 7) is 7.20. The highest BCUT2D eigenvalue weighted by Crippen LogP contribution is 2.34. The van der Waals surface area contributed by atoms with Crippen LogP contribution in [0.15, 0.2) is 46.0 Å². The van der Waals surface area contributed by atoms with Gasteiger partial charge in [-0.3, -0.25) is 19.1 Å². The number of benzene rings is 1. The average Bonchev–Trinajstić information content (AvgIpc) is 2.67. The molecule has 1 amide bonds. The van der Waals surface area contributed by atoms with Gasteiger partial charge < -0.3 is 10.6 Å². The number of hydrogen-bond acceptors (Lipinski definition) is 4. The molecule has 174 valence electrons. The first kappa shape index (κ1) is 25.0. The maximum atomic E-state index is 13.7. The van der Waals surface area contributed by atoms with Crippen LogP contribution in [0.1, 0.15) is 33.3 Å². The summed E-state index contributed by atoms with van der Waals surface area (Å²) in [4.78, 5) is 40.9. The van der Waals surface area contributed by atoms with E-state index in [1.807, 2.05) is 13.8 Å². The van der Waals surface area contributed by atoms with Crippen molar-refractivity contribution in [3.05, 3.63) is 62.8 Å². The lowest BCUT2D eigenvalue weighted by Crippen LogP contribution is -2.42. The number of carbonyl (C=O) groups excluding carboxylic acids is 1. The van der Waals surface area contributed by atoms with Crippen LogP contribution >= 0.6 is 0 Å².